The molecule has 1 aliphatic heterocycles. The van der Waals surface area contributed by atoms with Crippen LogP contribution in [0, 0.1) is 12.7 Å². The van der Waals surface area contributed by atoms with Gasteiger partial charge in [0.25, 0.3) is 5.91 Å². The van der Waals surface area contributed by atoms with Crippen LogP contribution < -0.4 is 5.73 Å². The molecule has 2 N–H and O–H groups in total. The molecule has 1 saturated heterocycles. The number of hydrogen-bond acceptors (Lipinski definition) is 2. The second-order valence-corrected chi connectivity index (χ2v) is 4.62. The van der Waals surface area contributed by atoms with Crippen LogP contribution in [0.2, 0.25) is 0 Å². The molecule has 0 spiro atoms. The van der Waals surface area contributed by atoms with E-state index in [0.29, 0.717) is 24.2 Å². The maximum Gasteiger partial charge on any atom is 0.254 e. The number of nitrogens with two attached hydrogens (primary N) is 1. The van der Waals surface area contributed by atoms with Crippen molar-refractivity contribution in [2.75, 3.05) is 13.1 Å². The molecule has 1 aliphatic rings. The molecule has 1 fully saturated rings. The smallest absolute Gasteiger partial charge is 0.254 e. The van der Waals surface area contributed by atoms with Gasteiger partial charge < -0.3 is 10.6 Å². The van der Waals surface area contributed by atoms with E-state index in [1.165, 1.54) is 6.07 Å². The summed E-state index contributed by atoms with van der Waals surface area (Å²) in [4.78, 5) is 13.8. The van der Waals surface area contributed by atoms with Crippen molar-refractivity contribution in [3.63, 3.8) is 0 Å². The molecule has 3 nitrogen and oxygen atoms in total. The van der Waals surface area contributed by atoms with Crippen LogP contribution in [0.1, 0.15) is 28.8 Å². The van der Waals surface area contributed by atoms with E-state index in [1.54, 1.807) is 24.0 Å². The lowest BCUT2D eigenvalue weighted by Crippen LogP contribution is -2.45. The van der Waals surface area contributed by atoms with Crippen molar-refractivity contribution in [2.45, 2.75) is 25.8 Å². The summed E-state index contributed by atoms with van der Waals surface area (Å²) in [7, 11) is 0. The number of rotatable bonds is 1. The Morgan fingerprint density at radius 3 is 2.94 bits per heavy atom. The van der Waals surface area contributed by atoms with Crippen LogP contribution in [-0.4, -0.2) is 29.9 Å². The molecule has 1 unspecified atom stereocenters. The molecule has 0 bridgehead atoms. The standard InChI is InChI=1S/C13H17FN2O/c1-9-4-5-10(7-12(9)14)13(17)16-6-2-3-11(15)8-16/h4-5,7,11H,2-3,6,8,15H2,1H3. The molecule has 1 heterocycles. The first-order valence-electron chi connectivity index (χ1n) is 5.89. The van der Waals surface area contributed by atoms with Gasteiger partial charge in [-0.1, -0.05) is 6.07 Å². The average molecular weight is 236 g/mol. The van der Waals surface area contributed by atoms with E-state index in [0.717, 1.165) is 12.8 Å². The summed E-state index contributed by atoms with van der Waals surface area (Å²) in [6, 6.07) is 4.65. The minimum atomic E-state index is -0.336. The zero-order valence-corrected chi connectivity index (χ0v) is 9.95. The molecule has 4 heteroatoms. The minimum absolute atomic E-state index is 0.0444. The third-order valence-electron chi connectivity index (χ3n) is 3.16. The summed E-state index contributed by atoms with van der Waals surface area (Å²) < 4.78 is 13.4. The molecule has 0 saturated carbocycles. The van der Waals surface area contributed by atoms with Crippen LogP contribution in [0.3, 0.4) is 0 Å². The Hall–Kier alpha value is -1.42. The fourth-order valence-corrected chi connectivity index (χ4v) is 2.10. The monoisotopic (exact) mass is 236 g/mol. The van der Waals surface area contributed by atoms with Gasteiger partial charge in [-0.2, -0.15) is 0 Å². The van der Waals surface area contributed by atoms with Crippen molar-refractivity contribution in [1.29, 1.82) is 0 Å². The first kappa shape index (κ1) is 12.0. The number of carbonyl (C=O) groups excluding carboxylic acids is 1. The molecule has 92 valence electrons. The molecule has 0 radical (unpaired) electrons. The number of halogens is 1. The zero-order chi connectivity index (χ0) is 12.4. The van der Waals surface area contributed by atoms with E-state index in [-0.39, 0.29) is 17.8 Å². The Morgan fingerprint density at radius 2 is 2.29 bits per heavy atom. The largest absolute Gasteiger partial charge is 0.337 e. The highest BCUT2D eigenvalue weighted by molar-refractivity contribution is 5.94. The van der Waals surface area contributed by atoms with Crippen LogP contribution in [0.15, 0.2) is 18.2 Å². The second kappa shape index (κ2) is 4.84. The molecule has 2 rings (SSSR count). The molecule has 0 aromatic heterocycles. The van der Waals surface area contributed by atoms with E-state index >= 15 is 0 Å². The van der Waals surface area contributed by atoms with E-state index in [4.69, 9.17) is 5.73 Å². The normalized spacial score (nSPS) is 20.4. The predicted molar refractivity (Wildman–Crippen MR) is 64.2 cm³/mol. The second-order valence-electron chi connectivity index (χ2n) is 4.62. The highest BCUT2D eigenvalue weighted by atomic mass is 19.1. The topological polar surface area (TPSA) is 46.3 Å². The third-order valence-corrected chi connectivity index (χ3v) is 3.16. The highest BCUT2D eigenvalue weighted by Gasteiger charge is 2.22. The molecule has 17 heavy (non-hydrogen) atoms. The SMILES string of the molecule is Cc1ccc(C(=O)N2CCCC(N)C2)cc1F. The molecule has 1 amide bonds. The quantitative estimate of drug-likeness (QED) is 0.806. The Kier molecular flexibility index (Phi) is 3.43. The van der Waals surface area contributed by atoms with Crippen molar-refractivity contribution in [1.82, 2.24) is 4.90 Å². The van der Waals surface area contributed by atoms with Crippen molar-refractivity contribution in [3.05, 3.63) is 35.1 Å². The number of benzene rings is 1. The predicted octanol–water partition coefficient (Wildman–Crippen LogP) is 1.70. The lowest BCUT2D eigenvalue weighted by molar-refractivity contribution is 0.0708. The summed E-state index contributed by atoms with van der Waals surface area (Å²) in [5.41, 5.74) is 6.78. The van der Waals surface area contributed by atoms with Gasteiger partial charge in [-0.25, -0.2) is 4.39 Å². The summed E-state index contributed by atoms with van der Waals surface area (Å²) in [5.74, 6) is -0.462. The lowest BCUT2D eigenvalue weighted by Gasteiger charge is -2.30. The zero-order valence-electron chi connectivity index (χ0n) is 9.95. The first-order valence-corrected chi connectivity index (χ1v) is 5.89. The Bertz CT molecular complexity index is 433. The van der Waals surface area contributed by atoms with Crippen LogP contribution >= 0.6 is 0 Å². The van der Waals surface area contributed by atoms with Crippen LogP contribution in [0.5, 0.6) is 0 Å². The molecule has 1 aromatic carbocycles. The number of carbonyl (C=O) groups is 1. The molecular weight excluding hydrogens is 219 g/mol. The number of piperidine rings is 1. The number of aryl methyl sites for hydroxylation is 1. The van der Waals surface area contributed by atoms with E-state index in [1.807, 2.05) is 0 Å². The van der Waals surface area contributed by atoms with Crippen molar-refractivity contribution >= 4 is 5.91 Å². The van der Waals surface area contributed by atoms with Gasteiger partial charge in [-0.05, 0) is 37.5 Å². The minimum Gasteiger partial charge on any atom is -0.337 e. The van der Waals surface area contributed by atoms with Crippen molar-refractivity contribution in [2.24, 2.45) is 5.73 Å². The summed E-state index contributed by atoms with van der Waals surface area (Å²) >= 11 is 0. The Balaban J connectivity index is 2.15. The number of hydrogen-bond donors (Lipinski definition) is 1. The Labute approximate surface area is 100 Å². The van der Waals surface area contributed by atoms with Crippen LogP contribution in [0.4, 0.5) is 4.39 Å². The van der Waals surface area contributed by atoms with Crippen molar-refractivity contribution < 1.29 is 9.18 Å². The van der Waals surface area contributed by atoms with Gasteiger partial charge in [0, 0.05) is 24.7 Å². The number of likely N-dealkylation sites (tertiary alicyclic amines) is 1. The maximum absolute atomic E-state index is 13.4. The van der Waals surface area contributed by atoms with Gasteiger partial charge in [-0.3, -0.25) is 4.79 Å². The lowest BCUT2D eigenvalue weighted by atomic mass is 10.0. The summed E-state index contributed by atoms with van der Waals surface area (Å²) in [6.07, 6.45) is 1.87. The van der Waals surface area contributed by atoms with Gasteiger partial charge >= 0.3 is 0 Å². The third kappa shape index (κ3) is 2.64. The van der Waals surface area contributed by atoms with Gasteiger partial charge in [-0.15, -0.1) is 0 Å². The van der Waals surface area contributed by atoms with Crippen molar-refractivity contribution in [3.8, 4) is 0 Å². The maximum atomic E-state index is 13.4. The van der Waals surface area contributed by atoms with E-state index in [2.05, 4.69) is 0 Å². The van der Waals surface area contributed by atoms with Gasteiger partial charge in [0.1, 0.15) is 5.82 Å². The van der Waals surface area contributed by atoms with E-state index < -0.39 is 0 Å². The summed E-state index contributed by atoms with van der Waals surface area (Å²) in [5, 5.41) is 0. The van der Waals surface area contributed by atoms with Crippen LogP contribution in [-0.2, 0) is 0 Å². The molecule has 1 aromatic rings. The fourth-order valence-electron chi connectivity index (χ4n) is 2.10. The first-order chi connectivity index (χ1) is 8.08. The summed E-state index contributed by atoms with van der Waals surface area (Å²) in [6.45, 7) is 2.96. The van der Waals surface area contributed by atoms with Gasteiger partial charge in [0.2, 0.25) is 0 Å². The molecule has 0 aliphatic carbocycles. The van der Waals surface area contributed by atoms with E-state index in [9.17, 15) is 9.18 Å². The van der Waals surface area contributed by atoms with Gasteiger partial charge in [0.05, 0.1) is 0 Å². The molecule has 1 atom stereocenters. The fraction of sp³-hybridized carbons (Fsp3) is 0.462. The van der Waals surface area contributed by atoms with Crippen LogP contribution in [0.25, 0.3) is 0 Å². The highest BCUT2D eigenvalue weighted by Crippen LogP contribution is 2.15. The number of amides is 1. The molecular formula is C13H17FN2O. The average Bonchev–Trinajstić information content (AvgIpc) is 2.32. The Morgan fingerprint density at radius 1 is 1.53 bits per heavy atom. The number of nitrogens with zero attached hydrogens (tertiary/aromatic N) is 1. The van der Waals surface area contributed by atoms with Gasteiger partial charge in [0.15, 0.2) is 0 Å².